The number of hydrogen-bond donors (Lipinski definition) is 0. The number of halogens is 5. The van der Waals surface area contributed by atoms with Crippen LogP contribution in [0.1, 0.15) is 53.3 Å². The molecule has 0 spiro atoms. The van der Waals surface area contributed by atoms with Crippen LogP contribution < -0.4 is 0 Å². The zero-order chi connectivity index (χ0) is 24.2. The fourth-order valence-electron chi connectivity index (χ4n) is 5.80. The molecule has 0 bridgehead atoms. The van der Waals surface area contributed by atoms with E-state index in [1.807, 2.05) is 0 Å². The molecule has 1 aromatic heterocycles. The van der Waals surface area contributed by atoms with Gasteiger partial charge in [0.05, 0.1) is 11.1 Å². The highest BCUT2D eigenvalue weighted by molar-refractivity contribution is 5.98. The van der Waals surface area contributed by atoms with E-state index >= 15 is 0 Å². The number of piperazine rings is 1. The second-order valence-electron chi connectivity index (χ2n) is 10.0. The van der Waals surface area contributed by atoms with Crippen LogP contribution in [0.4, 0.5) is 22.0 Å². The maximum absolute atomic E-state index is 13.8. The Morgan fingerprint density at radius 1 is 1.12 bits per heavy atom. The van der Waals surface area contributed by atoms with Crippen LogP contribution in [-0.2, 0) is 18.0 Å². The van der Waals surface area contributed by atoms with Gasteiger partial charge in [-0.2, -0.15) is 13.2 Å². The third kappa shape index (κ3) is 3.22. The first-order valence-corrected chi connectivity index (χ1v) is 11.5. The lowest BCUT2D eigenvalue weighted by Gasteiger charge is -2.38. The van der Waals surface area contributed by atoms with Gasteiger partial charge in [-0.05, 0) is 49.3 Å². The number of aryl methyl sites for hydroxylation is 1. The number of carbonyl (C=O) groups excluding carboxylic acids is 2. The Bertz CT molecular complexity index is 1200. The average molecular weight is 482 g/mol. The second kappa shape index (κ2) is 6.91. The van der Waals surface area contributed by atoms with Gasteiger partial charge in [0, 0.05) is 38.0 Å². The fourth-order valence-corrected chi connectivity index (χ4v) is 5.80. The minimum atomic E-state index is -4.61. The summed E-state index contributed by atoms with van der Waals surface area (Å²) < 4.78 is 69.6. The number of amides is 2. The molecular formula is C23H23F5N4O2. The van der Waals surface area contributed by atoms with Crippen molar-refractivity contribution in [2.75, 3.05) is 19.6 Å². The normalized spacial score (nSPS) is 28.5. The lowest BCUT2D eigenvalue weighted by molar-refractivity contribution is -0.138. The molecule has 3 saturated carbocycles. The van der Waals surface area contributed by atoms with Crippen molar-refractivity contribution < 1.29 is 31.5 Å². The van der Waals surface area contributed by atoms with E-state index in [2.05, 4.69) is 4.98 Å². The van der Waals surface area contributed by atoms with Gasteiger partial charge < -0.3 is 14.4 Å². The summed E-state index contributed by atoms with van der Waals surface area (Å²) >= 11 is 0. The van der Waals surface area contributed by atoms with Crippen LogP contribution in [0.25, 0.3) is 11.0 Å². The van der Waals surface area contributed by atoms with Crippen molar-refractivity contribution in [2.45, 2.75) is 49.7 Å². The maximum atomic E-state index is 13.8. The number of benzene rings is 1. The van der Waals surface area contributed by atoms with Gasteiger partial charge >= 0.3 is 6.18 Å². The molecule has 182 valence electrons. The Hall–Kier alpha value is -2.72. The second-order valence-corrected chi connectivity index (χ2v) is 10.0. The van der Waals surface area contributed by atoms with Crippen LogP contribution in [0.3, 0.4) is 0 Å². The summed E-state index contributed by atoms with van der Waals surface area (Å²) in [5, 5.41) is 0. The summed E-state index contributed by atoms with van der Waals surface area (Å²) in [7, 11) is 1.50. The highest BCUT2D eigenvalue weighted by atomic mass is 19.4. The molecule has 2 unspecified atom stereocenters. The van der Waals surface area contributed by atoms with Crippen LogP contribution in [0.15, 0.2) is 12.1 Å². The quantitative estimate of drug-likeness (QED) is 0.626. The van der Waals surface area contributed by atoms with Gasteiger partial charge in [0.25, 0.3) is 11.8 Å². The van der Waals surface area contributed by atoms with Crippen LogP contribution in [-0.4, -0.2) is 62.8 Å². The van der Waals surface area contributed by atoms with Crippen molar-refractivity contribution in [3.05, 3.63) is 29.1 Å². The Morgan fingerprint density at radius 3 is 2.38 bits per heavy atom. The first-order valence-electron chi connectivity index (χ1n) is 11.5. The first kappa shape index (κ1) is 21.8. The fraction of sp³-hybridized carbons (Fsp3) is 0.609. The molecule has 34 heavy (non-hydrogen) atoms. The van der Waals surface area contributed by atoms with E-state index in [0.717, 1.165) is 18.9 Å². The molecule has 3 aliphatic carbocycles. The Kier molecular flexibility index (Phi) is 4.43. The van der Waals surface area contributed by atoms with E-state index < -0.39 is 35.4 Å². The monoisotopic (exact) mass is 482 g/mol. The van der Waals surface area contributed by atoms with Gasteiger partial charge in [-0.3, -0.25) is 9.59 Å². The molecule has 6 nitrogen and oxygen atoms in total. The lowest BCUT2D eigenvalue weighted by Crippen LogP contribution is -2.55. The predicted molar refractivity (Wildman–Crippen MR) is 110 cm³/mol. The molecule has 0 N–H and O–H groups in total. The number of imidazole rings is 1. The van der Waals surface area contributed by atoms with Gasteiger partial charge in [0.15, 0.2) is 5.82 Å². The third-order valence-electron chi connectivity index (χ3n) is 7.96. The molecule has 4 aliphatic rings. The predicted octanol–water partition coefficient (Wildman–Crippen LogP) is 3.80. The van der Waals surface area contributed by atoms with Crippen LogP contribution in [0.5, 0.6) is 0 Å². The Labute approximate surface area is 191 Å². The summed E-state index contributed by atoms with van der Waals surface area (Å²) in [5.74, 6) is -4.95. The van der Waals surface area contributed by atoms with Crippen LogP contribution in [0, 0.1) is 11.8 Å². The van der Waals surface area contributed by atoms with Crippen LogP contribution >= 0.6 is 0 Å². The summed E-state index contributed by atoms with van der Waals surface area (Å²) in [6.07, 6.45) is -2.41. The summed E-state index contributed by atoms with van der Waals surface area (Å²) in [5.41, 5.74) is -0.320. The zero-order valence-electron chi connectivity index (χ0n) is 18.4. The minimum Gasteiger partial charge on any atom is -0.336 e. The zero-order valence-corrected chi connectivity index (χ0v) is 18.4. The number of fused-ring (bicyclic) bond motifs is 2. The number of alkyl halides is 5. The molecule has 4 fully saturated rings. The van der Waals surface area contributed by atoms with Gasteiger partial charge in [0.2, 0.25) is 5.91 Å². The number of carbonyl (C=O) groups is 2. The Morgan fingerprint density at radius 2 is 1.79 bits per heavy atom. The highest BCUT2D eigenvalue weighted by Gasteiger charge is 2.72. The third-order valence-corrected chi connectivity index (χ3v) is 7.96. The van der Waals surface area contributed by atoms with E-state index in [-0.39, 0.29) is 67.2 Å². The molecule has 2 amide bonds. The average Bonchev–Trinajstić information content (AvgIpc) is 3.58. The smallest absolute Gasteiger partial charge is 0.336 e. The molecule has 2 aromatic rings. The molecule has 1 aromatic carbocycles. The Balaban J connectivity index is 1.24. The molecule has 6 rings (SSSR count). The summed E-state index contributed by atoms with van der Waals surface area (Å²) in [6.45, 7) is 0.142. The van der Waals surface area contributed by atoms with Crippen molar-refractivity contribution >= 4 is 22.8 Å². The van der Waals surface area contributed by atoms with E-state index in [0.29, 0.717) is 5.56 Å². The van der Waals surface area contributed by atoms with Crippen molar-refractivity contribution in [1.29, 1.82) is 0 Å². The van der Waals surface area contributed by atoms with E-state index in [4.69, 9.17) is 0 Å². The first-order chi connectivity index (χ1) is 16.0. The molecule has 2 heterocycles. The summed E-state index contributed by atoms with van der Waals surface area (Å²) in [6, 6.07) is 2.54. The maximum Gasteiger partial charge on any atom is 0.418 e. The number of aromatic nitrogens is 2. The molecule has 0 radical (unpaired) electrons. The topological polar surface area (TPSA) is 58.4 Å². The standard InChI is InChI=1S/C23H23F5N4O2/c1-30-17-7-12(11-2-3-11)6-16(23(26,27)28)19(17)29-20(30)21(34)31-4-5-32(18(33)10-31)13-8-14-15(9-13)22(14,24)25/h6-7,11,13-15H,2-5,8-10H2,1H3. The number of hydrogen-bond acceptors (Lipinski definition) is 3. The van der Waals surface area contributed by atoms with E-state index in [9.17, 15) is 31.5 Å². The van der Waals surface area contributed by atoms with Gasteiger partial charge in [0.1, 0.15) is 12.1 Å². The molecular weight excluding hydrogens is 459 g/mol. The minimum absolute atomic E-state index is 0.0897. The van der Waals surface area contributed by atoms with Crippen molar-refractivity contribution in [3.8, 4) is 0 Å². The van der Waals surface area contributed by atoms with Gasteiger partial charge in [-0.25, -0.2) is 13.8 Å². The number of nitrogens with zero attached hydrogens (tertiary/aromatic N) is 4. The van der Waals surface area contributed by atoms with Crippen LogP contribution in [0.2, 0.25) is 0 Å². The molecule has 1 saturated heterocycles. The van der Waals surface area contributed by atoms with Crippen molar-refractivity contribution in [1.82, 2.24) is 19.4 Å². The van der Waals surface area contributed by atoms with Crippen molar-refractivity contribution in [3.63, 3.8) is 0 Å². The molecule has 11 heteroatoms. The van der Waals surface area contributed by atoms with Gasteiger partial charge in [-0.15, -0.1) is 0 Å². The van der Waals surface area contributed by atoms with E-state index in [1.54, 1.807) is 11.0 Å². The number of rotatable bonds is 3. The van der Waals surface area contributed by atoms with Gasteiger partial charge in [-0.1, -0.05) is 0 Å². The molecule has 1 aliphatic heterocycles. The largest absolute Gasteiger partial charge is 0.418 e. The SMILES string of the molecule is Cn1c(C(=O)N2CCN(C3CC4C(C3)C4(F)F)C(=O)C2)nc2c(C(F)(F)F)cc(C3CC3)cc21. The van der Waals surface area contributed by atoms with E-state index in [1.165, 1.54) is 16.5 Å². The van der Waals surface area contributed by atoms with Crippen molar-refractivity contribution in [2.24, 2.45) is 18.9 Å². The highest BCUT2D eigenvalue weighted by Crippen LogP contribution is 2.64. The molecule has 2 atom stereocenters. The lowest BCUT2D eigenvalue weighted by atomic mass is 10.0. The summed E-state index contributed by atoms with van der Waals surface area (Å²) in [4.78, 5) is 32.9.